The van der Waals surface area contributed by atoms with Gasteiger partial charge in [0.25, 0.3) is 5.91 Å². The molecule has 0 aromatic heterocycles. The quantitative estimate of drug-likeness (QED) is 0.729. The van der Waals surface area contributed by atoms with E-state index in [1.807, 2.05) is 0 Å². The van der Waals surface area contributed by atoms with Crippen molar-refractivity contribution in [2.45, 2.75) is 39.8 Å². The molecular formula is C22H23FN2O5. The number of urea groups is 1. The third kappa shape index (κ3) is 4.12. The largest absolute Gasteiger partial charge is 0.478 e. The first-order chi connectivity index (χ1) is 14.0. The molecule has 7 nitrogen and oxygen atoms in total. The van der Waals surface area contributed by atoms with Crippen LogP contribution in [0.15, 0.2) is 36.4 Å². The van der Waals surface area contributed by atoms with Crippen molar-refractivity contribution < 1.29 is 28.6 Å². The van der Waals surface area contributed by atoms with Crippen LogP contribution in [0.3, 0.4) is 0 Å². The number of hydrogen-bond donors (Lipinski definition) is 1. The molecule has 0 unspecified atom stereocenters. The summed E-state index contributed by atoms with van der Waals surface area (Å²) in [5.41, 5.74) is 1.17. The number of nitrogens with zero attached hydrogens (tertiary/aromatic N) is 2. The average molecular weight is 414 g/mol. The average Bonchev–Trinajstić information content (AvgIpc) is 2.93. The summed E-state index contributed by atoms with van der Waals surface area (Å²) in [5.74, 6) is -1.41. The fraction of sp³-hybridized carbons (Fsp3) is 0.318. The minimum atomic E-state index is -1.40. The molecule has 8 heteroatoms. The zero-order valence-corrected chi connectivity index (χ0v) is 17.2. The lowest BCUT2D eigenvalue weighted by molar-refractivity contribution is -0.152. The first-order valence-corrected chi connectivity index (χ1v) is 9.39. The predicted octanol–water partition coefficient (Wildman–Crippen LogP) is 3.65. The van der Waals surface area contributed by atoms with Crippen LogP contribution in [-0.4, -0.2) is 40.1 Å². The van der Waals surface area contributed by atoms with Crippen LogP contribution in [0.2, 0.25) is 0 Å². The van der Waals surface area contributed by atoms with E-state index >= 15 is 0 Å². The number of ether oxygens (including phenoxy) is 1. The van der Waals surface area contributed by atoms with Gasteiger partial charge in [0, 0.05) is 5.69 Å². The fourth-order valence-corrected chi connectivity index (χ4v) is 3.29. The zero-order chi connectivity index (χ0) is 22.2. The van der Waals surface area contributed by atoms with Gasteiger partial charge < -0.3 is 9.84 Å². The molecule has 0 aliphatic carbocycles. The second-order valence-corrected chi connectivity index (χ2v) is 7.80. The molecule has 1 fully saturated rings. The highest BCUT2D eigenvalue weighted by molar-refractivity contribution is 6.12. The number of hydrogen-bond acceptors (Lipinski definition) is 4. The molecule has 3 amide bonds. The zero-order valence-electron chi connectivity index (χ0n) is 17.2. The highest BCUT2D eigenvalue weighted by atomic mass is 19.1. The Morgan fingerprint density at radius 1 is 1.13 bits per heavy atom. The van der Waals surface area contributed by atoms with Crippen LogP contribution >= 0.6 is 0 Å². The van der Waals surface area contributed by atoms with Crippen LogP contribution in [0.4, 0.5) is 14.9 Å². The van der Waals surface area contributed by atoms with E-state index in [9.17, 15) is 23.9 Å². The monoisotopic (exact) mass is 414 g/mol. The van der Waals surface area contributed by atoms with Crippen LogP contribution in [0.5, 0.6) is 5.75 Å². The molecule has 2 aromatic carbocycles. The van der Waals surface area contributed by atoms with Gasteiger partial charge in [0.2, 0.25) is 0 Å². The molecule has 1 aliphatic rings. The number of aryl methyl sites for hydroxylation is 2. The minimum Gasteiger partial charge on any atom is -0.478 e. The summed E-state index contributed by atoms with van der Waals surface area (Å²) in [7, 11) is 0. The number of carbonyl (C=O) groups excluding carboxylic acids is 2. The van der Waals surface area contributed by atoms with Crippen molar-refractivity contribution in [3.63, 3.8) is 0 Å². The van der Waals surface area contributed by atoms with Gasteiger partial charge in [0.1, 0.15) is 18.1 Å². The maximum Gasteiger partial charge on any atom is 0.347 e. The number of amides is 3. The van der Waals surface area contributed by atoms with Gasteiger partial charge in [-0.25, -0.2) is 14.0 Å². The normalized spacial score (nSPS) is 14.4. The molecule has 1 N–H and O–H groups in total. The Balaban J connectivity index is 1.81. The molecule has 0 saturated carbocycles. The molecule has 0 radical (unpaired) electrons. The topological polar surface area (TPSA) is 87.2 Å². The van der Waals surface area contributed by atoms with Gasteiger partial charge >= 0.3 is 12.0 Å². The van der Waals surface area contributed by atoms with Crippen molar-refractivity contribution in [2.75, 3.05) is 11.4 Å². The lowest BCUT2D eigenvalue weighted by Crippen LogP contribution is -2.38. The summed E-state index contributed by atoms with van der Waals surface area (Å²) in [5, 5.41) is 9.29. The second-order valence-electron chi connectivity index (χ2n) is 7.80. The van der Waals surface area contributed by atoms with Crippen LogP contribution < -0.4 is 9.64 Å². The van der Waals surface area contributed by atoms with E-state index in [1.165, 1.54) is 43.0 Å². The van der Waals surface area contributed by atoms with E-state index in [1.54, 1.807) is 26.0 Å². The SMILES string of the molecule is Cc1cc(CN2C(=O)CN(c3ccc(F)cc3)C2=O)cc(C)c1OC(C)(C)C(=O)O. The molecule has 30 heavy (non-hydrogen) atoms. The first-order valence-electron chi connectivity index (χ1n) is 9.39. The van der Waals surface area contributed by atoms with Gasteiger partial charge in [0.05, 0.1) is 6.54 Å². The van der Waals surface area contributed by atoms with Crippen molar-refractivity contribution in [2.24, 2.45) is 0 Å². The third-order valence-corrected chi connectivity index (χ3v) is 4.93. The van der Waals surface area contributed by atoms with Crippen molar-refractivity contribution in [3.05, 3.63) is 58.9 Å². The fourth-order valence-electron chi connectivity index (χ4n) is 3.29. The van der Waals surface area contributed by atoms with E-state index in [0.717, 1.165) is 4.90 Å². The lowest BCUT2D eigenvalue weighted by atomic mass is 10.0. The molecule has 1 aliphatic heterocycles. The Labute approximate surface area is 173 Å². The molecule has 1 saturated heterocycles. The predicted molar refractivity (Wildman–Crippen MR) is 108 cm³/mol. The number of rotatable bonds is 6. The van der Waals surface area contributed by atoms with Gasteiger partial charge in [-0.15, -0.1) is 0 Å². The van der Waals surface area contributed by atoms with Gasteiger partial charge in [0.15, 0.2) is 5.60 Å². The molecule has 2 aromatic rings. The van der Waals surface area contributed by atoms with Crippen molar-refractivity contribution in [1.29, 1.82) is 0 Å². The molecule has 0 spiro atoms. The highest BCUT2D eigenvalue weighted by Crippen LogP contribution is 2.30. The maximum atomic E-state index is 13.1. The summed E-state index contributed by atoms with van der Waals surface area (Å²) in [6.07, 6.45) is 0. The van der Waals surface area contributed by atoms with Crippen LogP contribution in [-0.2, 0) is 16.1 Å². The first kappa shape index (κ1) is 21.3. The van der Waals surface area contributed by atoms with E-state index in [4.69, 9.17) is 4.74 Å². The Morgan fingerprint density at radius 3 is 2.23 bits per heavy atom. The third-order valence-electron chi connectivity index (χ3n) is 4.93. The minimum absolute atomic E-state index is 0.0691. The van der Waals surface area contributed by atoms with E-state index in [0.29, 0.717) is 28.1 Å². The van der Waals surface area contributed by atoms with E-state index in [-0.39, 0.29) is 19.0 Å². The summed E-state index contributed by atoms with van der Waals surface area (Å²) in [4.78, 5) is 39.0. The summed E-state index contributed by atoms with van der Waals surface area (Å²) in [6, 6.07) is 8.43. The number of benzene rings is 2. The smallest absolute Gasteiger partial charge is 0.347 e. The molecule has 1 heterocycles. The van der Waals surface area contributed by atoms with Crippen LogP contribution in [0, 0.1) is 19.7 Å². The number of imide groups is 1. The van der Waals surface area contributed by atoms with Crippen molar-refractivity contribution in [1.82, 2.24) is 4.90 Å². The Morgan fingerprint density at radius 2 is 1.70 bits per heavy atom. The van der Waals surface area contributed by atoms with E-state index < -0.39 is 23.4 Å². The highest BCUT2D eigenvalue weighted by Gasteiger charge is 2.37. The Kier molecular flexibility index (Phi) is 5.52. The van der Waals surface area contributed by atoms with Crippen molar-refractivity contribution in [3.8, 4) is 5.75 Å². The van der Waals surface area contributed by atoms with Crippen LogP contribution in [0.25, 0.3) is 0 Å². The standard InChI is InChI=1S/C22H23FN2O5/c1-13-9-15(10-14(2)19(13)30-22(3,4)20(27)28)11-25-18(26)12-24(21(25)29)17-7-5-16(23)6-8-17/h5-10H,11-12H2,1-4H3,(H,27,28). The molecule has 3 rings (SSSR count). The maximum absolute atomic E-state index is 13.1. The molecule has 158 valence electrons. The number of carboxylic acids is 1. The van der Waals surface area contributed by atoms with Crippen molar-refractivity contribution >= 4 is 23.6 Å². The summed E-state index contributed by atoms with van der Waals surface area (Å²) < 4.78 is 18.8. The second kappa shape index (κ2) is 7.78. The number of carbonyl (C=O) groups is 3. The number of anilines is 1. The summed E-state index contributed by atoms with van der Waals surface area (Å²) >= 11 is 0. The molecule has 0 bridgehead atoms. The lowest BCUT2D eigenvalue weighted by Gasteiger charge is -2.25. The van der Waals surface area contributed by atoms with Gasteiger partial charge in [-0.2, -0.15) is 0 Å². The number of halogens is 1. The molecule has 0 atom stereocenters. The number of carboxylic acid groups (broad SMARTS) is 1. The Hall–Kier alpha value is -3.42. The van der Waals surface area contributed by atoms with Crippen LogP contribution in [0.1, 0.15) is 30.5 Å². The summed E-state index contributed by atoms with van der Waals surface area (Å²) in [6.45, 7) is 6.45. The Bertz CT molecular complexity index is 994. The van der Waals surface area contributed by atoms with Gasteiger partial charge in [-0.1, -0.05) is 12.1 Å². The van der Waals surface area contributed by atoms with Gasteiger partial charge in [-0.05, 0) is 68.7 Å². The van der Waals surface area contributed by atoms with Gasteiger partial charge in [-0.3, -0.25) is 14.6 Å². The van der Waals surface area contributed by atoms with E-state index in [2.05, 4.69) is 0 Å². The number of aliphatic carboxylic acids is 1. The molecular weight excluding hydrogens is 391 g/mol.